The minimum Gasteiger partial charge on any atom is -0.464 e. The zero-order valence-electron chi connectivity index (χ0n) is 12.5. The highest BCUT2D eigenvalue weighted by Crippen LogP contribution is 2.18. The number of esters is 1. The smallest absolute Gasteiger partial charge is 0.408 e. The Labute approximate surface area is 132 Å². The summed E-state index contributed by atoms with van der Waals surface area (Å²) >= 11 is 3.30. The number of carbonyl (C=O) groups is 2. The van der Waals surface area contributed by atoms with Crippen LogP contribution in [0.3, 0.4) is 0 Å². The summed E-state index contributed by atoms with van der Waals surface area (Å²) < 4.78 is 10.9. The standard InChI is InChI=1S/C14H19BrN2O4/c1-5-20-12(18)11(10-8-9(15)6-7-16-10)17-13(19)21-14(2,3)4/h6-8,11H,5H2,1-4H3,(H,17,19). The first-order valence-corrected chi connectivity index (χ1v) is 7.30. The molecule has 1 atom stereocenters. The number of nitrogens with one attached hydrogen (secondary N) is 1. The minimum atomic E-state index is -1.02. The molecule has 1 heterocycles. The molecule has 21 heavy (non-hydrogen) atoms. The summed E-state index contributed by atoms with van der Waals surface area (Å²) in [5.41, 5.74) is -0.290. The Balaban J connectivity index is 2.93. The van der Waals surface area contributed by atoms with Gasteiger partial charge in [0.05, 0.1) is 12.3 Å². The molecule has 0 spiro atoms. The molecule has 0 saturated carbocycles. The van der Waals surface area contributed by atoms with Crippen molar-refractivity contribution in [3.8, 4) is 0 Å². The average molecular weight is 359 g/mol. The molecule has 0 aromatic carbocycles. The quantitative estimate of drug-likeness (QED) is 0.837. The van der Waals surface area contributed by atoms with E-state index in [-0.39, 0.29) is 6.61 Å². The Morgan fingerprint density at radius 1 is 1.43 bits per heavy atom. The number of amides is 1. The second-order valence-corrected chi connectivity index (χ2v) is 6.15. The number of aromatic nitrogens is 1. The first kappa shape index (κ1) is 17.4. The maximum absolute atomic E-state index is 12.0. The van der Waals surface area contributed by atoms with Gasteiger partial charge in [-0.05, 0) is 39.8 Å². The van der Waals surface area contributed by atoms with Crippen molar-refractivity contribution in [3.05, 3.63) is 28.5 Å². The molecule has 116 valence electrons. The van der Waals surface area contributed by atoms with E-state index in [0.717, 1.165) is 4.47 Å². The maximum atomic E-state index is 12.0. The maximum Gasteiger partial charge on any atom is 0.408 e. The molecule has 0 radical (unpaired) electrons. The van der Waals surface area contributed by atoms with Gasteiger partial charge in [-0.3, -0.25) is 4.98 Å². The number of hydrogen-bond acceptors (Lipinski definition) is 5. The van der Waals surface area contributed by atoms with Gasteiger partial charge in [0.1, 0.15) is 5.60 Å². The zero-order valence-corrected chi connectivity index (χ0v) is 14.1. The number of nitrogens with zero attached hydrogens (tertiary/aromatic N) is 1. The highest BCUT2D eigenvalue weighted by molar-refractivity contribution is 9.10. The van der Waals surface area contributed by atoms with Crippen LogP contribution >= 0.6 is 15.9 Å². The molecule has 0 aliphatic heterocycles. The fraction of sp³-hybridized carbons (Fsp3) is 0.500. The fourth-order valence-corrected chi connectivity index (χ4v) is 1.84. The molecular weight excluding hydrogens is 340 g/mol. The predicted molar refractivity (Wildman–Crippen MR) is 80.7 cm³/mol. The van der Waals surface area contributed by atoms with Crippen molar-refractivity contribution in [1.29, 1.82) is 0 Å². The van der Waals surface area contributed by atoms with Crippen LogP contribution in [0.5, 0.6) is 0 Å². The largest absolute Gasteiger partial charge is 0.464 e. The molecule has 6 nitrogen and oxygen atoms in total. The van der Waals surface area contributed by atoms with E-state index in [9.17, 15) is 9.59 Å². The summed E-state index contributed by atoms with van der Waals surface area (Å²) in [4.78, 5) is 28.0. The van der Waals surface area contributed by atoms with Crippen LogP contribution in [0, 0.1) is 0 Å². The Morgan fingerprint density at radius 3 is 2.62 bits per heavy atom. The van der Waals surface area contributed by atoms with Crippen LogP contribution in [0.25, 0.3) is 0 Å². The minimum absolute atomic E-state index is 0.208. The number of ether oxygens (including phenoxy) is 2. The van der Waals surface area contributed by atoms with Gasteiger partial charge in [-0.25, -0.2) is 9.59 Å². The normalized spacial score (nSPS) is 12.4. The van der Waals surface area contributed by atoms with E-state index in [2.05, 4.69) is 26.2 Å². The first-order valence-electron chi connectivity index (χ1n) is 6.50. The van der Waals surface area contributed by atoms with Gasteiger partial charge < -0.3 is 14.8 Å². The lowest BCUT2D eigenvalue weighted by atomic mass is 10.2. The highest BCUT2D eigenvalue weighted by atomic mass is 79.9. The van der Waals surface area contributed by atoms with Crippen molar-refractivity contribution in [1.82, 2.24) is 10.3 Å². The van der Waals surface area contributed by atoms with Crippen LogP contribution < -0.4 is 5.32 Å². The Bertz CT molecular complexity index is 514. The van der Waals surface area contributed by atoms with Crippen molar-refractivity contribution in [2.45, 2.75) is 39.3 Å². The van der Waals surface area contributed by atoms with Gasteiger partial charge in [0.2, 0.25) is 0 Å². The molecule has 0 aliphatic carbocycles. The van der Waals surface area contributed by atoms with Gasteiger partial charge in [0.15, 0.2) is 6.04 Å². The van der Waals surface area contributed by atoms with Crippen LogP contribution in [-0.4, -0.2) is 29.3 Å². The molecule has 1 aromatic heterocycles. The van der Waals surface area contributed by atoms with Crippen LogP contribution in [-0.2, 0) is 14.3 Å². The van der Waals surface area contributed by atoms with Crippen LogP contribution in [0.4, 0.5) is 4.79 Å². The molecule has 1 aromatic rings. The molecule has 0 saturated heterocycles. The summed E-state index contributed by atoms with van der Waals surface area (Å²) in [7, 11) is 0. The first-order chi connectivity index (χ1) is 9.73. The van der Waals surface area contributed by atoms with Crippen LogP contribution in [0.1, 0.15) is 39.4 Å². The summed E-state index contributed by atoms with van der Waals surface area (Å²) in [6.45, 7) is 7.12. The average Bonchev–Trinajstić information content (AvgIpc) is 2.34. The van der Waals surface area contributed by atoms with E-state index >= 15 is 0 Å². The summed E-state index contributed by atoms with van der Waals surface area (Å²) in [5, 5.41) is 2.48. The van der Waals surface area contributed by atoms with Gasteiger partial charge in [0.25, 0.3) is 0 Å². The van der Waals surface area contributed by atoms with E-state index in [1.165, 1.54) is 6.20 Å². The molecule has 1 rings (SSSR count). The van der Waals surface area contributed by atoms with Crippen molar-refractivity contribution < 1.29 is 19.1 Å². The highest BCUT2D eigenvalue weighted by Gasteiger charge is 2.28. The number of pyridine rings is 1. The van der Waals surface area contributed by atoms with Crippen molar-refractivity contribution in [2.75, 3.05) is 6.61 Å². The number of hydrogen-bond donors (Lipinski definition) is 1. The number of rotatable bonds is 4. The molecule has 1 N–H and O–H groups in total. The number of halogens is 1. The van der Waals surface area contributed by atoms with E-state index in [1.807, 2.05) is 0 Å². The Morgan fingerprint density at radius 2 is 2.10 bits per heavy atom. The van der Waals surface area contributed by atoms with Crippen LogP contribution in [0.15, 0.2) is 22.8 Å². The SMILES string of the molecule is CCOC(=O)C(NC(=O)OC(C)(C)C)c1cc(Br)ccn1. The third kappa shape index (κ3) is 6.12. The molecule has 0 aliphatic rings. The number of carbonyl (C=O) groups excluding carboxylic acids is 2. The van der Waals surface area contributed by atoms with E-state index < -0.39 is 23.7 Å². The third-order valence-corrected chi connectivity index (χ3v) is 2.72. The Hall–Kier alpha value is -1.63. The Kier molecular flexibility index (Phi) is 6.14. The van der Waals surface area contributed by atoms with Gasteiger partial charge in [0, 0.05) is 10.7 Å². The lowest BCUT2D eigenvalue weighted by molar-refractivity contribution is -0.146. The molecule has 7 heteroatoms. The lowest BCUT2D eigenvalue weighted by Gasteiger charge is -2.22. The van der Waals surface area contributed by atoms with Gasteiger partial charge in [-0.15, -0.1) is 0 Å². The van der Waals surface area contributed by atoms with Crippen molar-refractivity contribution in [2.24, 2.45) is 0 Å². The van der Waals surface area contributed by atoms with E-state index in [1.54, 1.807) is 39.8 Å². The van der Waals surface area contributed by atoms with E-state index in [4.69, 9.17) is 9.47 Å². The molecular formula is C14H19BrN2O4. The summed E-state index contributed by atoms with van der Waals surface area (Å²) in [6.07, 6.45) is 0.824. The molecule has 0 fully saturated rings. The monoisotopic (exact) mass is 358 g/mol. The summed E-state index contributed by atoms with van der Waals surface area (Å²) in [6, 6.07) is 2.34. The fourth-order valence-electron chi connectivity index (χ4n) is 1.48. The predicted octanol–water partition coefficient (Wildman–Crippen LogP) is 2.97. The number of alkyl carbamates (subject to hydrolysis) is 1. The van der Waals surface area contributed by atoms with Crippen molar-refractivity contribution >= 4 is 28.0 Å². The second kappa shape index (κ2) is 7.40. The van der Waals surface area contributed by atoms with Gasteiger partial charge >= 0.3 is 12.1 Å². The topological polar surface area (TPSA) is 77.5 Å². The summed E-state index contributed by atoms with van der Waals surface area (Å²) in [5.74, 6) is -0.589. The van der Waals surface area contributed by atoms with Crippen LogP contribution in [0.2, 0.25) is 0 Å². The molecule has 0 bridgehead atoms. The second-order valence-electron chi connectivity index (χ2n) is 5.23. The van der Waals surface area contributed by atoms with Gasteiger partial charge in [-0.1, -0.05) is 15.9 Å². The molecule has 1 amide bonds. The van der Waals surface area contributed by atoms with Gasteiger partial charge in [-0.2, -0.15) is 0 Å². The van der Waals surface area contributed by atoms with E-state index in [0.29, 0.717) is 5.69 Å². The zero-order chi connectivity index (χ0) is 16.0. The lowest BCUT2D eigenvalue weighted by Crippen LogP contribution is -2.39. The molecule has 1 unspecified atom stereocenters. The third-order valence-electron chi connectivity index (χ3n) is 2.22. The van der Waals surface area contributed by atoms with Crippen molar-refractivity contribution in [3.63, 3.8) is 0 Å².